The van der Waals surface area contributed by atoms with Gasteiger partial charge in [0.2, 0.25) is 0 Å². The van der Waals surface area contributed by atoms with Crippen molar-refractivity contribution in [3.63, 3.8) is 0 Å². The maximum absolute atomic E-state index is 10.2. The Labute approximate surface area is 123 Å². The van der Waals surface area contributed by atoms with Gasteiger partial charge in [0, 0.05) is 12.6 Å². The average molecular weight is 284 g/mol. The first-order chi connectivity index (χ1) is 9.66. The van der Waals surface area contributed by atoms with E-state index in [0.717, 1.165) is 19.5 Å². The third-order valence-corrected chi connectivity index (χ3v) is 5.06. The molecule has 1 aliphatic carbocycles. The van der Waals surface area contributed by atoms with Crippen molar-refractivity contribution in [3.05, 3.63) is 0 Å². The molecule has 1 heterocycles. The Balaban J connectivity index is 1.71. The molecule has 4 nitrogen and oxygen atoms in total. The second-order valence-electron chi connectivity index (χ2n) is 6.82. The monoisotopic (exact) mass is 284 g/mol. The van der Waals surface area contributed by atoms with Crippen LogP contribution in [0.1, 0.15) is 57.8 Å². The highest BCUT2D eigenvalue weighted by Gasteiger charge is 2.28. The summed E-state index contributed by atoms with van der Waals surface area (Å²) in [7, 11) is 0. The Kier molecular flexibility index (Phi) is 6.75. The van der Waals surface area contributed by atoms with Gasteiger partial charge in [0.15, 0.2) is 0 Å². The molecule has 2 aliphatic rings. The largest absolute Gasteiger partial charge is 0.389 e. The zero-order valence-electron chi connectivity index (χ0n) is 12.7. The van der Waals surface area contributed by atoms with Crippen molar-refractivity contribution >= 4 is 0 Å². The number of aliphatic hydroxyl groups is 2. The highest BCUT2D eigenvalue weighted by Crippen LogP contribution is 2.27. The highest BCUT2D eigenvalue weighted by molar-refractivity contribution is 4.84. The van der Waals surface area contributed by atoms with Gasteiger partial charge in [-0.05, 0) is 38.3 Å². The topological polar surface area (TPSA) is 69.7 Å². The molecule has 0 aromatic carbocycles. The average Bonchev–Trinajstić information content (AvgIpc) is 2.48. The van der Waals surface area contributed by atoms with E-state index in [1.807, 2.05) is 0 Å². The Bertz CT molecular complexity index is 237. The lowest BCUT2D eigenvalue weighted by Gasteiger charge is -2.33. The van der Waals surface area contributed by atoms with Crippen molar-refractivity contribution in [2.24, 2.45) is 11.7 Å². The molecule has 118 valence electrons. The minimum Gasteiger partial charge on any atom is -0.389 e. The SMILES string of the molecule is N[C@@H](CC1CCCCC1)[C@H](O)[C@@H](O)CN1CCCCC1. The maximum Gasteiger partial charge on any atom is 0.0962 e. The third kappa shape index (κ3) is 4.99. The van der Waals surface area contributed by atoms with Crippen LogP contribution in [0, 0.1) is 5.92 Å². The summed E-state index contributed by atoms with van der Waals surface area (Å²) in [6.07, 6.45) is 9.48. The first-order valence-corrected chi connectivity index (χ1v) is 8.51. The fraction of sp³-hybridized carbons (Fsp3) is 1.00. The van der Waals surface area contributed by atoms with Crippen molar-refractivity contribution in [2.75, 3.05) is 19.6 Å². The number of hydrogen-bond acceptors (Lipinski definition) is 4. The normalized spacial score (nSPS) is 27.1. The summed E-state index contributed by atoms with van der Waals surface area (Å²) in [4.78, 5) is 2.25. The van der Waals surface area contributed by atoms with E-state index in [4.69, 9.17) is 5.73 Å². The van der Waals surface area contributed by atoms with Crippen LogP contribution < -0.4 is 5.73 Å². The van der Waals surface area contributed by atoms with Crippen molar-refractivity contribution < 1.29 is 10.2 Å². The molecule has 0 unspecified atom stereocenters. The van der Waals surface area contributed by atoms with Gasteiger partial charge in [-0.1, -0.05) is 38.5 Å². The van der Waals surface area contributed by atoms with Crippen LogP contribution in [-0.2, 0) is 0 Å². The van der Waals surface area contributed by atoms with Gasteiger partial charge in [-0.15, -0.1) is 0 Å². The molecule has 1 aliphatic heterocycles. The number of piperidine rings is 1. The Morgan fingerprint density at radius 2 is 1.55 bits per heavy atom. The predicted molar refractivity (Wildman–Crippen MR) is 81.5 cm³/mol. The molecule has 20 heavy (non-hydrogen) atoms. The quantitative estimate of drug-likeness (QED) is 0.691. The fourth-order valence-electron chi connectivity index (χ4n) is 3.75. The van der Waals surface area contributed by atoms with Gasteiger partial charge in [0.1, 0.15) is 0 Å². The van der Waals surface area contributed by atoms with E-state index in [0.29, 0.717) is 12.5 Å². The summed E-state index contributed by atoms with van der Waals surface area (Å²) in [6.45, 7) is 2.66. The fourth-order valence-corrected chi connectivity index (χ4v) is 3.75. The molecular formula is C16H32N2O2. The third-order valence-electron chi connectivity index (χ3n) is 5.06. The molecule has 1 saturated heterocycles. The number of rotatable bonds is 6. The van der Waals surface area contributed by atoms with Gasteiger partial charge in [-0.3, -0.25) is 0 Å². The van der Waals surface area contributed by atoms with Crippen molar-refractivity contribution in [2.45, 2.75) is 76.0 Å². The van der Waals surface area contributed by atoms with Crippen molar-refractivity contribution in [1.82, 2.24) is 4.90 Å². The number of hydrogen-bond donors (Lipinski definition) is 3. The molecule has 2 rings (SSSR count). The summed E-state index contributed by atoms with van der Waals surface area (Å²) in [5.74, 6) is 0.649. The first-order valence-electron chi connectivity index (χ1n) is 8.51. The van der Waals surface area contributed by atoms with E-state index in [2.05, 4.69) is 4.90 Å². The summed E-state index contributed by atoms with van der Waals surface area (Å²) >= 11 is 0. The highest BCUT2D eigenvalue weighted by atomic mass is 16.3. The van der Waals surface area contributed by atoms with Gasteiger partial charge < -0.3 is 20.8 Å². The van der Waals surface area contributed by atoms with Gasteiger partial charge in [-0.2, -0.15) is 0 Å². The van der Waals surface area contributed by atoms with Crippen LogP contribution in [0.15, 0.2) is 0 Å². The molecule has 0 amide bonds. The lowest BCUT2D eigenvalue weighted by atomic mass is 9.83. The van der Waals surface area contributed by atoms with Crippen molar-refractivity contribution in [3.8, 4) is 0 Å². The molecule has 4 heteroatoms. The van der Waals surface area contributed by atoms with Gasteiger partial charge in [-0.25, -0.2) is 0 Å². The van der Waals surface area contributed by atoms with Crippen LogP contribution in [-0.4, -0.2) is 53.0 Å². The molecule has 0 spiro atoms. The summed E-state index contributed by atoms with van der Waals surface area (Å²) in [5.41, 5.74) is 6.13. The second-order valence-corrected chi connectivity index (χ2v) is 6.82. The number of nitrogens with two attached hydrogens (primary N) is 1. The molecule has 0 radical (unpaired) electrons. The summed E-state index contributed by atoms with van der Waals surface area (Å²) < 4.78 is 0. The lowest BCUT2D eigenvalue weighted by molar-refractivity contribution is -0.0219. The van der Waals surface area contributed by atoms with Crippen molar-refractivity contribution in [1.29, 1.82) is 0 Å². The number of nitrogens with zero attached hydrogens (tertiary/aromatic N) is 1. The molecule has 0 aromatic heterocycles. The van der Waals surface area contributed by atoms with E-state index in [1.54, 1.807) is 0 Å². The van der Waals surface area contributed by atoms with Crippen LogP contribution in [0.2, 0.25) is 0 Å². The minimum absolute atomic E-state index is 0.280. The number of β-amino-alcohol motifs (C(OH)–C–C–N with tert-alkyl or cyclic N) is 1. The Morgan fingerprint density at radius 1 is 0.950 bits per heavy atom. The van der Waals surface area contributed by atoms with E-state index in [-0.39, 0.29) is 6.04 Å². The van der Waals surface area contributed by atoms with Crippen LogP contribution in [0.25, 0.3) is 0 Å². The van der Waals surface area contributed by atoms with E-state index in [9.17, 15) is 10.2 Å². The van der Waals surface area contributed by atoms with Crippen LogP contribution >= 0.6 is 0 Å². The molecule has 0 bridgehead atoms. The second kappa shape index (κ2) is 8.32. The zero-order chi connectivity index (χ0) is 14.4. The van der Waals surface area contributed by atoms with Gasteiger partial charge >= 0.3 is 0 Å². The van der Waals surface area contributed by atoms with E-state index < -0.39 is 12.2 Å². The molecule has 1 saturated carbocycles. The van der Waals surface area contributed by atoms with Crippen LogP contribution in [0.4, 0.5) is 0 Å². The number of likely N-dealkylation sites (tertiary alicyclic amines) is 1. The molecular weight excluding hydrogens is 252 g/mol. The smallest absolute Gasteiger partial charge is 0.0962 e. The summed E-state index contributed by atoms with van der Waals surface area (Å²) in [5, 5.41) is 20.4. The molecule has 2 fully saturated rings. The van der Waals surface area contributed by atoms with Gasteiger partial charge in [0.05, 0.1) is 12.2 Å². The lowest BCUT2D eigenvalue weighted by Crippen LogP contribution is -2.49. The van der Waals surface area contributed by atoms with E-state index >= 15 is 0 Å². The maximum atomic E-state index is 10.2. The van der Waals surface area contributed by atoms with Crippen LogP contribution in [0.3, 0.4) is 0 Å². The first kappa shape index (κ1) is 16.2. The molecule has 0 aromatic rings. The molecule has 3 atom stereocenters. The van der Waals surface area contributed by atoms with Gasteiger partial charge in [0.25, 0.3) is 0 Å². The Hall–Kier alpha value is -0.160. The molecule has 4 N–H and O–H groups in total. The van der Waals surface area contributed by atoms with E-state index in [1.165, 1.54) is 51.4 Å². The number of aliphatic hydroxyl groups excluding tert-OH is 2. The Morgan fingerprint density at radius 3 is 2.20 bits per heavy atom. The zero-order valence-corrected chi connectivity index (χ0v) is 12.7. The standard InChI is InChI=1S/C16H32N2O2/c17-14(11-13-7-3-1-4-8-13)16(20)15(19)12-18-9-5-2-6-10-18/h13-16,19-20H,1-12,17H2/t14-,15-,16-/m0/s1. The van der Waals surface area contributed by atoms with Crippen LogP contribution in [0.5, 0.6) is 0 Å². The predicted octanol–water partition coefficient (Wildman–Crippen LogP) is 1.49. The summed E-state index contributed by atoms with van der Waals surface area (Å²) in [6, 6.07) is -0.280. The minimum atomic E-state index is -0.779.